The Labute approximate surface area is 97.1 Å². The molecule has 1 fully saturated rings. The van der Waals surface area contributed by atoms with Crippen LogP contribution < -0.4 is 5.73 Å². The highest BCUT2D eigenvalue weighted by molar-refractivity contribution is 5.31. The maximum Gasteiger partial charge on any atom is 0.123 e. The number of nitrogens with two attached hydrogens (primary N) is 1. The van der Waals surface area contributed by atoms with Crippen LogP contribution in [-0.2, 0) is 6.54 Å². The first kappa shape index (κ1) is 11.4. The first-order valence-corrected chi connectivity index (χ1v) is 5.74. The molecule has 0 aromatic carbocycles. The number of pyridine rings is 1. The number of anilines is 1. The average molecular weight is 220 g/mol. The lowest BCUT2D eigenvalue weighted by molar-refractivity contribution is 0.264. The van der Waals surface area contributed by atoms with Crippen LogP contribution in [0.15, 0.2) is 18.3 Å². The van der Waals surface area contributed by atoms with Crippen molar-refractivity contribution in [1.82, 2.24) is 14.8 Å². The summed E-state index contributed by atoms with van der Waals surface area (Å²) in [6.45, 7) is 3.30. The molecule has 1 unspecified atom stereocenters. The molecule has 2 heterocycles. The Bertz CT molecular complexity index is 351. The van der Waals surface area contributed by atoms with E-state index >= 15 is 0 Å². The lowest BCUT2D eigenvalue weighted by Crippen LogP contribution is -2.31. The van der Waals surface area contributed by atoms with Gasteiger partial charge in [0.2, 0.25) is 0 Å². The molecule has 0 aliphatic carbocycles. The SMILES string of the molecule is CN(C)C1CCN(Cc2ccnc(N)c2)C1. The monoisotopic (exact) mass is 220 g/mol. The summed E-state index contributed by atoms with van der Waals surface area (Å²) in [6, 6.07) is 4.70. The van der Waals surface area contributed by atoms with E-state index in [0.29, 0.717) is 11.9 Å². The van der Waals surface area contributed by atoms with Crippen LogP contribution in [0.4, 0.5) is 5.82 Å². The Morgan fingerprint density at radius 2 is 2.38 bits per heavy atom. The van der Waals surface area contributed by atoms with Gasteiger partial charge in [0.15, 0.2) is 0 Å². The van der Waals surface area contributed by atoms with E-state index in [0.717, 1.165) is 13.1 Å². The van der Waals surface area contributed by atoms with E-state index in [1.54, 1.807) is 6.20 Å². The van der Waals surface area contributed by atoms with E-state index in [4.69, 9.17) is 5.73 Å². The van der Waals surface area contributed by atoms with Crippen LogP contribution in [0.3, 0.4) is 0 Å². The van der Waals surface area contributed by atoms with Crippen molar-refractivity contribution in [2.75, 3.05) is 32.9 Å². The summed E-state index contributed by atoms with van der Waals surface area (Å²) in [7, 11) is 4.30. The molecule has 4 nitrogen and oxygen atoms in total. The highest BCUT2D eigenvalue weighted by Gasteiger charge is 2.23. The second-order valence-electron chi connectivity index (χ2n) is 4.73. The van der Waals surface area contributed by atoms with E-state index in [1.165, 1.54) is 18.5 Å². The highest BCUT2D eigenvalue weighted by atomic mass is 15.2. The van der Waals surface area contributed by atoms with E-state index < -0.39 is 0 Å². The second kappa shape index (κ2) is 4.80. The van der Waals surface area contributed by atoms with Gasteiger partial charge in [0, 0.05) is 31.9 Å². The number of rotatable bonds is 3. The first-order chi connectivity index (χ1) is 7.65. The smallest absolute Gasteiger partial charge is 0.123 e. The number of hydrogen-bond donors (Lipinski definition) is 1. The van der Waals surface area contributed by atoms with Crippen LogP contribution in [0.2, 0.25) is 0 Å². The van der Waals surface area contributed by atoms with Crippen molar-refractivity contribution in [1.29, 1.82) is 0 Å². The van der Waals surface area contributed by atoms with E-state index in [2.05, 4.69) is 28.9 Å². The van der Waals surface area contributed by atoms with Crippen molar-refractivity contribution in [3.05, 3.63) is 23.9 Å². The van der Waals surface area contributed by atoms with E-state index in [-0.39, 0.29) is 0 Å². The molecule has 0 spiro atoms. The normalized spacial score (nSPS) is 21.8. The van der Waals surface area contributed by atoms with Gasteiger partial charge in [0.1, 0.15) is 5.82 Å². The van der Waals surface area contributed by atoms with E-state index in [1.807, 2.05) is 12.1 Å². The number of likely N-dealkylation sites (N-methyl/N-ethyl adjacent to an activating group) is 1. The molecule has 2 rings (SSSR count). The molecule has 4 heteroatoms. The topological polar surface area (TPSA) is 45.4 Å². The first-order valence-electron chi connectivity index (χ1n) is 5.74. The minimum atomic E-state index is 0.612. The fourth-order valence-electron chi connectivity index (χ4n) is 2.23. The lowest BCUT2D eigenvalue weighted by atomic mass is 10.2. The zero-order valence-corrected chi connectivity index (χ0v) is 10.1. The Morgan fingerprint density at radius 3 is 3.00 bits per heavy atom. The van der Waals surface area contributed by atoms with Crippen molar-refractivity contribution in [2.24, 2.45) is 0 Å². The summed E-state index contributed by atoms with van der Waals surface area (Å²) < 4.78 is 0. The van der Waals surface area contributed by atoms with Gasteiger partial charge in [-0.2, -0.15) is 0 Å². The number of likely N-dealkylation sites (tertiary alicyclic amines) is 1. The summed E-state index contributed by atoms with van der Waals surface area (Å²) in [5.74, 6) is 0.612. The Morgan fingerprint density at radius 1 is 1.56 bits per heavy atom. The molecular weight excluding hydrogens is 200 g/mol. The molecule has 0 radical (unpaired) electrons. The van der Waals surface area contributed by atoms with Crippen molar-refractivity contribution >= 4 is 5.82 Å². The third kappa shape index (κ3) is 2.71. The molecule has 1 aromatic heterocycles. The second-order valence-corrected chi connectivity index (χ2v) is 4.73. The average Bonchev–Trinajstić information content (AvgIpc) is 2.66. The van der Waals surface area contributed by atoms with Gasteiger partial charge in [-0.3, -0.25) is 4.90 Å². The molecule has 1 aromatic rings. The fraction of sp³-hybridized carbons (Fsp3) is 0.583. The predicted molar refractivity (Wildman–Crippen MR) is 66.0 cm³/mol. The maximum atomic E-state index is 5.67. The van der Waals surface area contributed by atoms with Crippen molar-refractivity contribution in [2.45, 2.75) is 19.0 Å². The highest BCUT2D eigenvalue weighted by Crippen LogP contribution is 2.16. The summed E-state index contributed by atoms with van der Waals surface area (Å²) in [5, 5.41) is 0. The van der Waals surface area contributed by atoms with Gasteiger partial charge < -0.3 is 10.6 Å². The molecule has 16 heavy (non-hydrogen) atoms. The van der Waals surface area contributed by atoms with Gasteiger partial charge in [-0.25, -0.2) is 4.98 Å². The molecule has 0 bridgehead atoms. The van der Waals surface area contributed by atoms with Gasteiger partial charge in [-0.15, -0.1) is 0 Å². The van der Waals surface area contributed by atoms with Crippen molar-refractivity contribution < 1.29 is 0 Å². The molecule has 1 aliphatic rings. The summed E-state index contributed by atoms with van der Waals surface area (Å²) in [5.41, 5.74) is 6.93. The molecular formula is C12H20N4. The minimum Gasteiger partial charge on any atom is -0.384 e. The van der Waals surface area contributed by atoms with Crippen molar-refractivity contribution in [3.63, 3.8) is 0 Å². The molecule has 1 saturated heterocycles. The third-order valence-electron chi connectivity index (χ3n) is 3.23. The third-order valence-corrected chi connectivity index (χ3v) is 3.23. The fourth-order valence-corrected chi connectivity index (χ4v) is 2.23. The van der Waals surface area contributed by atoms with Crippen LogP contribution in [0.5, 0.6) is 0 Å². The van der Waals surface area contributed by atoms with Crippen LogP contribution >= 0.6 is 0 Å². The molecule has 2 N–H and O–H groups in total. The van der Waals surface area contributed by atoms with Gasteiger partial charge in [-0.1, -0.05) is 0 Å². The minimum absolute atomic E-state index is 0.612. The number of nitrogen functional groups attached to an aromatic ring is 1. The quantitative estimate of drug-likeness (QED) is 0.818. The largest absolute Gasteiger partial charge is 0.384 e. The number of hydrogen-bond acceptors (Lipinski definition) is 4. The summed E-state index contributed by atoms with van der Waals surface area (Å²) >= 11 is 0. The lowest BCUT2D eigenvalue weighted by Gasteiger charge is -2.20. The van der Waals surface area contributed by atoms with Crippen LogP contribution in [0, 0.1) is 0 Å². The Balaban J connectivity index is 1.92. The predicted octanol–water partition coefficient (Wildman–Crippen LogP) is 0.800. The molecule has 1 atom stereocenters. The Hall–Kier alpha value is -1.13. The zero-order valence-electron chi connectivity index (χ0n) is 10.1. The van der Waals surface area contributed by atoms with Gasteiger partial charge in [0.05, 0.1) is 0 Å². The van der Waals surface area contributed by atoms with Gasteiger partial charge in [-0.05, 0) is 38.2 Å². The molecule has 0 saturated carbocycles. The standard InChI is InChI=1S/C12H20N4/c1-15(2)11-4-6-16(9-11)8-10-3-5-14-12(13)7-10/h3,5,7,11H,4,6,8-9H2,1-2H3,(H2,13,14). The summed E-state index contributed by atoms with van der Waals surface area (Å²) in [4.78, 5) is 8.79. The van der Waals surface area contributed by atoms with Crippen LogP contribution in [-0.4, -0.2) is 48.0 Å². The number of nitrogens with zero attached hydrogens (tertiary/aromatic N) is 3. The van der Waals surface area contributed by atoms with Crippen molar-refractivity contribution in [3.8, 4) is 0 Å². The van der Waals surface area contributed by atoms with Crippen LogP contribution in [0.1, 0.15) is 12.0 Å². The summed E-state index contributed by atoms with van der Waals surface area (Å²) in [6.07, 6.45) is 3.04. The van der Waals surface area contributed by atoms with Gasteiger partial charge in [0.25, 0.3) is 0 Å². The zero-order chi connectivity index (χ0) is 11.5. The Kier molecular flexibility index (Phi) is 3.41. The maximum absolute atomic E-state index is 5.67. The molecule has 1 aliphatic heterocycles. The van der Waals surface area contributed by atoms with Gasteiger partial charge >= 0.3 is 0 Å². The van der Waals surface area contributed by atoms with E-state index in [9.17, 15) is 0 Å². The molecule has 88 valence electrons. The molecule has 0 amide bonds. The number of aromatic nitrogens is 1. The van der Waals surface area contributed by atoms with Crippen LogP contribution in [0.25, 0.3) is 0 Å².